The number of hydrogen-bond donors (Lipinski definition) is 1. The first-order chi connectivity index (χ1) is 13.7. The number of rotatable bonds is 5. The molecule has 2 aromatic rings. The van der Waals surface area contributed by atoms with Gasteiger partial charge >= 0.3 is 0 Å². The van der Waals surface area contributed by atoms with Crippen molar-refractivity contribution in [3.8, 4) is 0 Å². The lowest BCUT2D eigenvalue weighted by atomic mass is 9.94. The molecule has 1 fully saturated rings. The third-order valence-corrected chi connectivity index (χ3v) is 7.25. The van der Waals surface area contributed by atoms with Gasteiger partial charge in [-0.1, -0.05) is 43.6 Å². The fraction of sp³-hybridized carbons (Fsp3) is 0.381. The predicted molar refractivity (Wildman–Crippen MR) is 111 cm³/mol. The van der Waals surface area contributed by atoms with Crippen molar-refractivity contribution in [1.82, 2.24) is 9.62 Å². The van der Waals surface area contributed by atoms with E-state index in [-0.39, 0.29) is 28.8 Å². The quantitative estimate of drug-likeness (QED) is 0.765. The van der Waals surface area contributed by atoms with E-state index in [0.29, 0.717) is 23.7 Å². The van der Waals surface area contributed by atoms with E-state index in [2.05, 4.69) is 5.32 Å². The van der Waals surface area contributed by atoms with Gasteiger partial charge in [0.25, 0.3) is 5.91 Å². The Morgan fingerprint density at radius 3 is 2.48 bits per heavy atom. The number of piperidine rings is 1. The zero-order valence-corrected chi connectivity index (χ0v) is 17.9. The summed E-state index contributed by atoms with van der Waals surface area (Å²) in [6.07, 6.45) is 0.963. The first-order valence-electron chi connectivity index (χ1n) is 9.49. The van der Waals surface area contributed by atoms with Crippen LogP contribution in [0.2, 0.25) is 5.02 Å². The van der Waals surface area contributed by atoms with Crippen LogP contribution in [0.4, 0.5) is 4.39 Å². The Bertz CT molecular complexity index is 1000. The molecule has 0 bridgehead atoms. The molecule has 0 unspecified atom stereocenters. The smallest absolute Gasteiger partial charge is 0.254 e. The minimum absolute atomic E-state index is 0.0805. The van der Waals surface area contributed by atoms with Crippen LogP contribution in [-0.2, 0) is 16.6 Å². The Morgan fingerprint density at radius 2 is 1.83 bits per heavy atom. The molecule has 1 heterocycles. The lowest BCUT2D eigenvalue weighted by Gasteiger charge is -2.34. The van der Waals surface area contributed by atoms with Gasteiger partial charge in [-0.2, -0.15) is 4.31 Å². The van der Waals surface area contributed by atoms with Gasteiger partial charge in [0.15, 0.2) is 0 Å². The van der Waals surface area contributed by atoms with Crippen LogP contribution in [0.5, 0.6) is 0 Å². The number of halogens is 2. The van der Waals surface area contributed by atoms with Gasteiger partial charge in [-0.05, 0) is 48.1 Å². The summed E-state index contributed by atoms with van der Waals surface area (Å²) in [5, 5.41) is 3.08. The first-order valence-corrected chi connectivity index (χ1v) is 11.3. The molecule has 0 aliphatic carbocycles. The molecule has 29 heavy (non-hydrogen) atoms. The Morgan fingerprint density at radius 1 is 1.17 bits per heavy atom. The minimum Gasteiger partial charge on any atom is -0.348 e. The van der Waals surface area contributed by atoms with Gasteiger partial charge < -0.3 is 5.32 Å². The van der Waals surface area contributed by atoms with Crippen molar-refractivity contribution in [2.45, 2.75) is 31.7 Å². The third-order valence-electron chi connectivity index (χ3n) is 5.05. The molecule has 1 aliphatic heterocycles. The highest BCUT2D eigenvalue weighted by Gasteiger charge is 2.32. The van der Waals surface area contributed by atoms with E-state index < -0.39 is 21.7 Å². The Kier molecular flexibility index (Phi) is 6.61. The highest BCUT2D eigenvalue weighted by Crippen LogP contribution is 2.27. The molecule has 2 atom stereocenters. The third kappa shape index (κ3) is 4.97. The Balaban J connectivity index is 1.82. The molecule has 0 radical (unpaired) electrons. The van der Waals surface area contributed by atoms with Crippen LogP contribution in [0.15, 0.2) is 47.4 Å². The number of carbonyl (C=O) groups is 1. The summed E-state index contributed by atoms with van der Waals surface area (Å²) < 4.78 is 41.8. The van der Waals surface area contributed by atoms with Crippen molar-refractivity contribution in [1.29, 1.82) is 0 Å². The topological polar surface area (TPSA) is 66.5 Å². The number of benzene rings is 2. The molecule has 5 nitrogen and oxygen atoms in total. The number of amides is 1. The lowest BCUT2D eigenvalue weighted by molar-refractivity contribution is 0.0946. The van der Waals surface area contributed by atoms with Gasteiger partial charge in [-0.15, -0.1) is 0 Å². The largest absolute Gasteiger partial charge is 0.348 e. The van der Waals surface area contributed by atoms with Gasteiger partial charge in [-0.3, -0.25) is 4.79 Å². The maximum absolute atomic E-state index is 14.3. The van der Waals surface area contributed by atoms with Crippen molar-refractivity contribution in [2.75, 3.05) is 13.1 Å². The highest BCUT2D eigenvalue weighted by molar-refractivity contribution is 7.89. The number of nitrogens with zero attached hydrogens (tertiary/aromatic N) is 1. The SMILES string of the molecule is C[C@@H]1C[C@H](C)CN(S(=O)(=O)c2ccc(F)c(C(=O)NCc3ccccc3Cl)c2)C1. The van der Waals surface area contributed by atoms with Crippen molar-refractivity contribution in [3.63, 3.8) is 0 Å². The standard InChI is InChI=1S/C21H24ClFN2O3S/c1-14-9-15(2)13-25(12-14)29(27,28)17-7-8-20(23)18(10-17)21(26)24-11-16-5-3-4-6-19(16)22/h3-8,10,14-15H,9,11-13H2,1-2H3,(H,24,26)/t14-,15+. The molecule has 1 N–H and O–H groups in total. The second kappa shape index (κ2) is 8.81. The molecule has 3 rings (SSSR count). The van der Waals surface area contributed by atoms with Crippen molar-refractivity contribution in [3.05, 3.63) is 64.4 Å². The highest BCUT2D eigenvalue weighted by atomic mass is 35.5. The van der Waals surface area contributed by atoms with Crippen LogP contribution in [0.1, 0.15) is 36.2 Å². The fourth-order valence-corrected chi connectivity index (χ4v) is 5.61. The van der Waals surface area contributed by atoms with Crippen LogP contribution in [-0.4, -0.2) is 31.7 Å². The Hall–Kier alpha value is -1.96. The van der Waals surface area contributed by atoms with Crippen LogP contribution in [0, 0.1) is 17.7 Å². The molecule has 2 aromatic carbocycles. The monoisotopic (exact) mass is 438 g/mol. The molecule has 1 aliphatic rings. The zero-order valence-electron chi connectivity index (χ0n) is 16.4. The van der Waals surface area contributed by atoms with Crippen LogP contribution in [0.3, 0.4) is 0 Å². The molecule has 0 spiro atoms. The summed E-state index contributed by atoms with van der Waals surface area (Å²) in [6, 6.07) is 10.3. The molecular formula is C21H24ClFN2O3S. The normalized spacial score (nSPS) is 20.4. The van der Waals surface area contributed by atoms with Crippen molar-refractivity contribution < 1.29 is 17.6 Å². The fourth-order valence-electron chi connectivity index (χ4n) is 3.70. The summed E-state index contributed by atoms with van der Waals surface area (Å²) in [5.74, 6) is -0.986. The van der Waals surface area contributed by atoms with Gasteiger partial charge in [0.1, 0.15) is 5.82 Å². The zero-order chi connectivity index (χ0) is 21.2. The van der Waals surface area contributed by atoms with Gasteiger partial charge in [0.05, 0.1) is 10.5 Å². The van der Waals surface area contributed by atoms with Gasteiger partial charge in [0, 0.05) is 24.7 Å². The van der Waals surface area contributed by atoms with E-state index in [1.54, 1.807) is 24.3 Å². The molecular weight excluding hydrogens is 415 g/mol. The van der Waals surface area contributed by atoms with Gasteiger partial charge in [-0.25, -0.2) is 12.8 Å². The molecule has 1 amide bonds. The maximum Gasteiger partial charge on any atom is 0.254 e. The Labute approximate surface area is 175 Å². The van der Waals surface area contributed by atoms with Crippen LogP contribution < -0.4 is 5.32 Å². The summed E-state index contributed by atoms with van der Waals surface area (Å²) in [4.78, 5) is 12.4. The minimum atomic E-state index is -3.81. The summed E-state index contributed by atoms with van der Waals surface area (Å²) in [7, 11) is -3.81. The van der Waals surface area contributed by atoms with Gasteiger partial charge in [0.2, 0.25) is 10.0 Å². The summed E-state index contributed by atoms with van der Waals surface area (Å²) >= 11 is 6.07. The average Bonchev–Trinajstić information content (AvgIpc) is 2.66. The lowest BCUT2D eigenvalue weighted by Crippen LogP contribution is -2.42. The molecule has 0 saturated carbocycles. The average molecular weight is 439 g/mol. The van der Waals surface area contributed by atoms with E-state index in [0.717, 1.165) is 18.6 Å². The number of nitrogens with one attached hydrogen (secondary N) is 1. The number of hydrogen-bond acceptors (Lipinski definition) is 3. The van der Waals surface area contributed by atoms with E-state index in [1.807, 2.05) is 13.8 Å². The number of carbonyl (C=O) groups excluding carboxylic acids is 1. The van der Waals surface area contributed by atoms with E-state index in [4.69, 9.17) is 11.6 Å². The molecule has 1 saturated heterocycles. The first kappa shape index (κ1) is 21.7. The predicted octanol–water partition coefficient (Wildman–Crippen LogP) is 4.08. The summed E-state index contributed by atoms with van der Waals surface area (Å²) in [5.41, 5.74) is 0.374. The van der Waals surface area contributed by atoms with Crippen molar-refractivity contribution in [2.24, 2.45) is 11.8 Å². The summed E-state index contributed by atoms with van der Waals surface area (Å²) in [6.45, 7) is 4.96. The molecule has 8 heteroatoms. The van der Waals surface area contributed by atoms with E-state index in [1.165, 1.54) is 10.4 Å². The van der Waals surface area contributed by atoms with Crippen molar-refractivity contribution >= 4 is 27.5 Å². The maximum atomic E-state index is 14.3. The van der Waals surface area contributed by atoms with E-state index in [9.17, 15) is 17.6 Å². The van der Waals surface area contributed by atoms with Crippen LogP contribution in [0.25, 0.3) is 0 Å². The second-order valence-electron chi connectivity index (χ2n) is 7.68. The van der Waals surface area contributed by atoms with E-state index >= 15 is 0 Å². The van der Waals surface area contributed by atoms with Crippen LogP contribution >= 0.6 is 11.6 Å². The second-order valence-corrected chi connectivity index (χ2v) is 10.0. The molecule has 156 valence electrons. The molecule has 0 aromatic heterocycles. The number of sulfonamides is 1.